The number of methoxy groups -OCH3 is 1. The number of para-hydroxylation sites is 1. The number of esters is 1. The molecule has 2 rings (SSSR count). The number of aromatic amines is 1. The summed E-state index contributed by atoms with van der Waals surface area (Å²) in [5.41, 5.74) is 3.50. The molecule has 6 heteroatoms. The van der Waals surface area contributed by atoms with Gasteiger partial charge in [0.05, 0.1) is 12.7 Å². The number of nitrogens with one attached hydrogen (secondary N) is 2. The fourth-order valence-electron chi connectivity index (χ4n) is 3.17. The van der Waals surface area contributed by atoms with E-state index in [-0.39, 0.29) is 5.91 Å². The van der Waals surface area contributed by atoms with Gasteiger partial charge in [-0.25, -0.2) is 4.79 Å². The predicted molar refractivity (Wildman–Crippen MR) is 108 cm³/mol. The van der Waals surface area contributed by atoms with Gasteiger partial charge in [0, 0.05) is 31.5 Å². The van der Waals surface area contributed by atoms with Gasteiger partial charge in [-0.2, -0.15) is 0 Å². The monoisotopic (exact) mass is 371 g/mol. The fraction of sp³-hybridized carbons (Fsp3) is 0.429. The van der Waals surface area contributed by atoms with Crippen LogP contribution in [0.3, 0.4) is 0 Å². The molecule has 0 radical (unpaired) electrons. The van der Waals surface area contributed by atoms with E-state index in [2.05, 4.69) is 27.3 Å². The highest BCUT2D eigenvalue weighted by molar-refractivity contribution is 6.00. The second-order valence-corrected chi connectivity index (χ2v) is 6.59. The van der Waals surface area contributed by atoms with Crippen molar-refractivity contribution in [1.82, 2.24) is 10.3 Å². The molecule has 0 atom stereocenters. The van der Waals surface area contributed by atoms with Crippen molar-refractivity contribution in [3.8, 4) is 0 Å². The van der Waals surface area contributed by atoms with Crippen LogP contribution in [0.5, 0.6) is 0 Å². The number of hydrogen-bond acceptors (Lipinski definition) is 4. The second kappa shape index (κ2) is 9.80. The SMILES string of the molecule is CCCc1c(C(=O)NCCCN(C)c2ccccc2)[nH]c(C)c1C(=O)OC. The van der Waals surface area contributed by atoms with Gasteiger partial charge in [-0.15, -0.1) is 0 Å². The first-order chi connectivity index (χ1) is 13.0. The number of aryl methyl sites for hydroxylation is 1. The van der Waals surface area contributed by atoms with Gasteiger partial charge in [-0.05, 0) is 37.5 Å². The van der Waals surface area contributed by atoms with E-state index in [0.717, 1.165) is 30.6 Å². The van der Waals surface area contributed by atoms with E-state index in [1.807, 2.05) is 32.2 Å². The molecular weight excluding hydrogens is 342 g/mol. The molecule has 0 aliphatic rings. The number of carbonyl (C=O) groups is 2. The van der Waals surface area contributed by atoms with Gasteiger partial charge in [0.1, 0.15) is 5.69 Å². The molecule has 146 valence electrons. The third kappa shape index (κ3) is 5.12. The van der Waals surface area contributed by atoms with Crippen molar-refractivity contribution < 1.29 is 14.3 Å². The maximum atomic E-state index is 12.6. The van der Waals surface area contributed by atoms with Gasteiger partial charge in [0.15, 0.2) is 0 Å². The van der Waals surface area contributed by atoms with E-state index in [4.69, 9.17) is 4.74 Å². The van der Waals surface area contributed by atoms with Crippen LogP contribution in [0.25, 0.3) is 0 Å². The lowest BCUT2D eigenvalue weighted by atomic mass is 10.0. The van der Waals surface area contributed by atoms with E-state index in [1.54, 1.807) is 6.92 Å². The first kappa shape index (κ1) is 20.6. The lowest BCUT2D eigenvalue weighted by Crippen LogP contribution is -2.29. The largest absolute Gasteiger partial charge is 0.465 e. The highest BCUT2D eigenvalue weighted by Gasteiger charge is 2.24. The van der Waals surface area contributed by atoms with Gasteiger partial charge in [-0.1, -0.05) is 31.5 Å². The van der Waals surface area contributed by atoms with Crippen LogP contribution in [0.4, 0.5) is 5.69 Å². The predicted octanol–water partition coefficient (Wildman–Crippen LogP) is 3.32. The lowest BCUT2D eigenvalue weighted by molar-refractivity contribution is 0.0599. The Bertz CT molecular complexity index is 768. The number of H-pyrrole nitrogens is 1. The van der Waals surface area contributed by atoms with Gasteiger partial charge in [0.2, 0.25) is 0 Å². The van der Waals surface area contributed by atoms with Crippen molar-refractivity contribution in [2.75, 3.05) is 32.1 Å². The molecule has 0 aliphatic heterocycles. The number of ether oxygens (including phenoxy) is 1. The second-order valence-electron chi connectivity index (χ2n) is 6.59. The summed E-state index contributed by atoms with van der Waals surface area (Å²) >= 11 is 0. The Morgan fingerprint density at radius 2 is 1.93 bits per heavy atom. The summed E-state index contributed by atoms with van der Waals surface area (Å²) in [7, 11) is 3.39. The zero-order valence-corrected chi connectivity index (χ0v) is 16.6. The zero-order valence-electron chi connectivity index (χ0n) is 16.6. The number of nitrogens with zero attached hydrogens (tertiary/aromatic N) is 1. The topological polar surface area (TPSA) is 74.4 Å². The number of benzene rings is 1. The van der Waals surface area contributed by atoms with E-state index >= 15 is 0 Å². The summed E-state index contributed by atoms with van der Waals surface area (Å²) in [5.74, 6) is -0.588. The number of aromatic nitrogens is 1. The fourth-order valence-corrected chi connectivity index (χ4v) is 3.17. The molecule has 1 aromatic heterocycles. The molecule has 0 fully saturated rings. The van der Waals surface area contributed by atoms with Crippen molar-refractivity contribution >= 4 is 17.6 Å². The van der Waals surface area contributed by atoms with Crippen LogP contribution in [0.15, 0.2) is 30.3 Å². The van der Waals surface area contributed by atoms with Crippen LogP contribution in [0.2, 0.25) is 0 Å². The van der Waals surface area contributed by atoms with Crippen LogP contribution in [-0.2, 0) is 11.2 Å². The molecule has 1 amide bonds. The molecule has 1 aromatic carbocycles. The van der Waals surface area contributed by atoms with Crippen LogP contribution in [0, 0.1) is 6.92 Å². The standard InChI is InChI=1S/C21H29N3O3/c1-5-10-17-18(21(26)27-4)15(2)23-19(17)20(25)22-13-9-14-24(3)16-11-7-6-8-12-16/h6-8,11-12,23H,5,9-10,13-14H2,1-4H3,(H,22,25). The summed E-state index contributed by atoms with van der Waals surface area (Å²) in [6.45, 7) is 5.21. The van der Waals surface area contributed by atoms with Crippen LogP contribution < -0.4 is 10.2 Å². The summed E-state index contributed by atoms with van der Waals surface area (Å²) < 4.78 is 4.87. The molecule has 6 nitrogen and oxygen atoms in total. The molecule has 27 heavy (non-hydrogen) atoms. The molecule has 2 N–H and O–H groups in total. The Hall–Kier alpha value is -2.76. The number of carbonyl (C=O) groups excluding carboxylic acids is 2. The average molecular weight is 371 g/mol. The molecule has 0 bridgehead atoms. The molecule has 0 saturated heterocycles. The van der Waals surface area contributed by atoms with E-state index in [1.165, 1.54) is 7.11 Å². The molecule has 0 spiro atoms. The number of amides is 1. The minimum Gasteiger partial charge on any atom is -0.465 e. The molecule has 2 aromatic rings. The third-order valence-corrected chi connectivity index (χ3v) is 4.56. The van der Waals surface area contributed by atoms with Crippen molar-refractivity contribution in [1.29, 1.82) is 0 Å². The maximum absolute atomic E-state index is 12.6. The molecular formula is C21H29N3O3. The quantitative estimate of drug-likeness (QED) is 0.524. The van der Waals surface area contributed by atoms with E-state index in [0.29, 0.717) is 29.9 Å². The maximum Gasteiger partial charge on any atom is 0.339 e. The van der Waals surface area contributed by atoms with Crippen LogP contribution in [-0.4, -0.2) is 44.1 Å². The summed E-state index contributed by atoms with van der Waals surface area (Å²) in [4.78, 5) is 29.9. The summed E-state index contributed by atoms with van der Waals surface area (Å²) in [5, 5.41) is 2.95. The summed E-state index contributed by atoms with van der Waals surface area (Å²) in [6, 6.07) is 10.1. The minimum atomic E-state index is -0.407. The third-order valence-electron chi connectivity index (χ3n) is 4.56. The molecule has 0 unspecified atom stereocenters. The van der Waals surface area contributed by atoms with Gasteiger partial charge in [-0.3, -0.25) is 4.79 Å². The van der Waals surface area contributed by atoms with Crippen molar-refractivity contribution in [3.63, 3.8) is 0 Å². The Morgan fingerprint density at radius 3 is 2.56 bits per heavy atom. The van der Waals surface area contributed by atoms with Crippen LogP contribution in [0.1, 0.15) is 51.9 Å². The Morgan fingerprint density at radius 1 is 1.22 bits per heavy atom. The smallest absolute Gasteiger partial charge is 0.339 e. The highest BCUT2D eigenvalue weighted by Crippen LogP contribution is 2.21. The van der Waals surface area contributed by atoms with Crippen molar-refractivity contribution in [2.45, 2.75) is 33.1 Å². The van der Waals surface area contributed by atoms with Gasteiger partial charge in [0.25, 0.3) is 5.91 Å². The average Bonchev–Trinajstić information content (AvgIpc) is 3.01. The number of rotatable bonds is 9. The summed E-state index contributed by atoms with van der Waals surface area (Å²) in [6.07, 6.45) is 2.31. The minimum absolute atomic E-state index is 0.181. The van der Waals surface area contributed by atoms with Crippen LogP contribution >= 0.6 is 0 Å². The van der Waals surface area contributed by atoms with E-state index < -0.39 is 5.97 Å². The first-order valence-corrected chi connectivity index (χ1v) is 9.33. The Kier molecular flexibility index (Phi) is 7.46. The van der Waals surface area contributed by atoms with Crippen molar-refractivity contribution in [2.24, 2.45) is 0 Å². The molecule has 0 aliphatic carbocycles. The number of hydrogen-bond donors (Lipinski definition) is 2. The Labute approximate surface area is 160 Å². The van der Waals surface area contributed by atoms with Gasteiger partial charge < -0.3 is 19.9 Å². The lowest BCUT2D eigenvalue weighted by Gasteiger charge is -2.19. The zero-order chi connectivity index (χ0) is 19.8. The normalized spacial score (nSPS) is 10.5. The molecule has 0 saturated carbocycles. The highest BCUT2D eigenvalue weighted by atomic mass is 16.5. The first-order valence-electron chi connectivity index (χ1n) is 9.33. The Balaban J connectivity index is 1.96. The van der Waals surface area contributed by atoms with Crippen molar-refractivity contribution in [3.05, 3.63) is 52.8 Å². The van der Waals surface area contributed by atoms with E-state index in [9.17, 15) is 9.59 Å². The number of anilines is 1. The van der Waals surface area contributed by atoms with Gasteiger partial charge >= 0.3 is 5.97 Å². The molecule has 1 heterocycles.